The van der Waals surface area contributed by atoms with Crippen molar-refractivity contribution >= 4 is 39.8 Å². The van der Waals surface area contributed by atoms with Gasteiger partial charge in [0.25, 0.3) is 0 Å². The molecule has 154 valence electrons. The van der Waals surface area contributed by atoms with Gasteiger partial charge in [0.2, 0.25) is 0 Å². The van der Waals surface area contributed by atoms with Gasteiger partial charge in [-0.1, -0.05) is 42.5 Å². The monoisotopic (exact) mass is 517 g/mol. The van der Waals surface area contributed by atoms with Crippen LogP contribution in [0.1, 0.15) is 22.8 Å². The van der Waals surface area contributed by atoms with Gasteiger partial charge in [0.1, 0.15) is 0 Å². The molecular formula is C20H28IN3O3S. The number of halogens is 1. The maximum atomic E-state index is 11.7. The molecule has 2 aromatic rings. The number of guanidine groups is 1. The number of hydrogen-bond acceptors (Lipinski definition) is 4. The first-order valence-corrected chi connectivity index (χ1v) is 10.6. The maximum absolute atomic E-state index is 11.7. The molecule has 28 heavy (non-hydrogen) atoms. The predicted molar refractivity (Wildman–Crippen MR) is 124 cm³/mol. The van der Waals surface area contributed by atoms with Gasteiger partial charge in [-0.15, -0.1) is 24.0 Å². The van der Waals surface area contributed by atoms with Gasteiger partial charge < -0.3 is 15.4 Å². The van der Waals surface area contributed by atoms with Gasteiger partial charge in [-0.2, -0.15) is 0 Å². The van der Waals surface area contributed by atoms with Crippen LogP contribution in [0.2, 0.25) is 0 Å². The van der Waals surface area contributed by atoms with Crippen LogP contribution in [0.15, 0.2) is 58.4 Å². The summed E-state index contributed by atoms with van der Waals surface area (Å²) in [6.07, 6.45) is 1.14. The predicted octanol–water partition coefficient (Wildman–Crippen LogP) is 3.07. The van der Waals surface area contributed by atoms with Crippen molar-refractivity contribution in [2.75, 3.05) is 27.0 Å². The summed E-state index contributed by atoms with van der Waals surface area (Å²) in [5, 5.41) is 6.49. The molecule has 0 spiro atoms. The summed E-state index contributed by atoms with van der Waals surface area (Å²) in [6.45, 7) is 2.91. The van der Waals surface area contributed by atoms with Crippen molar-refractivity contribution in [1.82, 2.24) is 10.6 Å². The highest BCUT2D eigenvalue weighted by molar-refractivity contribution is 14.0. The molecule has 0 aliphatic rings. The lowest BCUT2D eigenvalue weighted by molar-refractivity contribution is 0.106. The smallest absolute Gasteiger partial charge is 0.191 e. The Kier molecular flexibility index (Phi) is 9.91. The zero-order chi connectivity index (χ0) is 19.9. The third-order valence-electron chi connectivity index (χ3n) is 4.23. The Morgan fingerprint density at radius 3 is 2.36 bits per heavy atom. The minimum absolute atomic E-state index is 0. The van der Waals surface area contributed by atoms with E-state index in [1.165, 1.54) is 6.26 Å². The zero-order valence-corrected chi connectivity index (χ0v) is 19.7. The highest BCUT2D eigenvalue weighted by Gasteiger charge is 2.12. The molecule has 1 atom stereocenters. The quantitative estimate of drug-likeness (QED) is 0.336. The van der Waals surface area contributed by atoms with E-state index in [1.54, 1.807) is 27.1 Å². The fourth-order valence-electron chi connectivity index (χ4n) is 2.84. The van der Waals surface area contributed by atoms with E-state index in [4.69, 9.17) is 4.74 Å². The standard InChI is InChI=1S/C20H27N3O3S.HI/c1-15-12-16(10-11-19(15)27(4,24)25)13-22-20(21-2)23-14-18(26-3)17-8-6-5-7-9-17;/h5-12,18H,13-14H2,1-4H3,(H2,21,22,23);1H. The average Bonchev–Trinajstić information content (AvgIpc) is 2.64. The van der Waals surface area contributed by atoms with E-state index < -0.39 is 9.84 Å². The first kappa shape index (κ1) is 24.4. The molecular weight excluding hydrogens is 489 g/mol. The molecule has 0 saturated heterocycles. The molecule has 1 unspecified atom stereocenters. The number of aliphatic imine (C=N–C) groups is 1. The molecule has 8 heteroatoms. The SMILES string of the molecule is CN=C(NCc1ccc(S(C)(=O)=O)c(C)c1)NCC(OC)c1ccccc1.I. The third kappa shape index (κ3) is 7.06. The van der Waals surface area contributed by atoms with Gasteiger partial charge in [0, 0.05) is 33.5 Å². The number of nitrogens with zero attached hydrogens (tertiary/aromatic N) is 1. The summed E-state index contributed by atoms with van der Waals surface area (Å²) < 4.78 is 29.0. The van der Waals surface area contributed by atoms with Crippen LogP contribution < -0.4 is 10.6 Å². The van der Waals surface area contributed by atoms with Gasteiger partial charge in [-0.3, -0.25) is 4.99 Å². The molecule has 0 aliphatic heterocycles. The van der Waals surface area contributed by atoms with E-state index in [2.05, 4.69) is 15.6 Å². The number of rotatable bonds is 7. The number of aryl methyl sites for hydroxylation is 1. The number of nitrogens with one attached hydrogen (secondary N) is 2. The van der Waals surface area contributed by atoms with Crippen molar-refractivity contribution < 1.29 is 13.2 Å². The molecule has 0 aliphatic carbocycles. The Morgan fingerprint density at radius 2 is 1.82 bits per heavy atom. The molecule has 0 saturated carbocycles. The summed E-state index contributed by atoms with van der Waals surface area (Å²) in [7, 11) is 0.184. The fourth-order valence-corrected chi connectivity index (χ4v) is 3.80. The zero-order valence-electron chi connectivity index (χ0n) is 16.6. The van der Waals surface area contributed by atoms with Crippen LogP contribution in [-0.4, -0.2) is 41.3 Å². The molecule has 6 nitrogen and oxygen atoms in total. The summed E-state index contributed by atoms with van der Waals surface area (Å²) in [6, 6.07) is 15.3. The molecule has 2 aromatic carbocycles. The van der Waals surface area contributed by atoms with Gasteiger partial charge >= 0.3 is 0 Å². The molecule has 2 N–H and O–H groups in total. The maximum Gasteiger partial charge on any atom is 0.191 e. The third-order valence-corrected chi connectivity index (χ3v) is 5.49. The van der Waals surface area contributed by atoms with Crippen molar-refractivity contribution in [3.8, 4) is 0 Å². The van der Waals surface area contributed by atoms with Gasteiger partial charge in [-0.05, 0) is 29.7 Å². The summed E-state index contributed by atoms with van der Waals surface area (Å²) in [5.41, 5.74) is 2.81. The normalized spacial score (nSPS) is 12.8. The van der Waals surface area contributed by atoms with Crippen LogP contribution >= 0.6 is 24.0 Å². The lowest BCUT2D eigenvalue weighted by Gasteiger charge is -2.19. The van der Waals surface area contributed by atoms with Crippen LogP contribution in [0.5, 0.6) is 0 Å². The Hall–Kier alpha value is -1.65. The van der Waals surface area contributed by atoms with Crippen LogP contribution in [0.3, 0.4) is 0 Å². The largest absolute Gasteiger partial charge is 0.375 e. The Bertz CT molecular complexity index is 887. The molecule has 0 amide bonds. The topological polar surface area (TPSA) is 79.8 Å². The second-order valence-electron chi connectivity index (χ2n) is 6.31. The summed E-state index contributed by atoms with van der Waals surface area (Å²) in [5.74, 6) is 0.651. The van der Waals surface area contributed by atoms with Crippen molar-refractivity contribution in [3.63, 3.8) is 0 Å². The number of hydrogen-bond donors (Lipinski definition) is 2. The first-order valence-electron chi connectivity index (χ1n) is 8.67. The number of benzene rings is 2. The van der Waals surface area contributed by atoms with E-state index in [-0.39, 0.29) is 30.1 Å². The van der Waals surface area contributed by atoms with Gasteiger partial charge in [0.15, 0.2) is 15.8 Å². The number of methoxy groups -OCH3 is 1. The van der Waals surface area contributed by atoms with E-state index in [9.17, 15) is 8.42 Å². The van der Waals surface area contributed by atoms with E-state index in [0.717, 1.165) is 16.7 Å². The van der Waals surface area contributed by atoms with Crippen molar-refractivity contribution in [3.05, 3.63) is 65.2 Å². The van der Waals surface area contributed by atoms with Crippen LogP contribution in [-0.2, 0) is 21.1 Å². The van der Waals surface area contributed by atoms with Crippen LogP contribution in [0, 0.1) is 6.92 Å². The number of sulfone groups is 1. The highest BCUT2D eigenvalue weighted by Crippen LogP contribution is 2.17. The highest BCUT2D eigenvalue weighted by atomic mass is 127. The van der Waals surface area contributed by atoms with Gasteiger partial charge in [0.05, 0.1) is 11.0 Å². The molecule has 0 fully saturated rings. The van der Waals surface area contributed by atoms with Crippen molar-refractivity contribution in [2.24, 2.45) is 4.99 Å². The minimum atomic E-state index is -3.20. The second kappa shape index (κ2) is 11.4. The molecule has 0 bridgehead atoms. The van der Waals surface area contributed by atoms with E-state index in [0.29, 0.717) is 23.9 Å². The molecule has 0 radical (unpaired) electrons. The fraction of sp³-hybridized carbons (Fsp3) is 0.350. The number of ether oxygens (including phenoxy) is 1. The van der Waals surface area contributed by atoms with Crippen molar-refractivity contribution in [1.29, 1.82) is 0 Å². The lowest BCUT2D eigenvalue weighted by atomic mass is 10.1. The van der Waals surface area contributed by atoms with Crippen LogP contribution in [0.4, 0.5) is 0 Å². The van der Waals surface area contributed by atoms with Crippen LogP contribution in [0.25, 0.3) is 0 Å². The lowest BCUT2D eigenvalue weighted by Crippen LogP contribution is -2.39. The van der Waals surface area contributed by atoms with E-state index >= 15 is 0 Å². The van der Waals surface area contributed by atoms with Crippen molar-refractivity contribution in [2.45, 2.75) is 24.5 Å². The average molecular weight is 517 g/mol. The van der Waals surface area contributed by atoms with E-state index in [1.807, 2.05) is 42.5 Å². The molecule has 2 rings (SSSR count). The second-order valence-corrected chi connectivity index (χ2v) is 8.30. The molecule has 0 aromatic heterocycles. The Labute approximate surface area is 184 Å². The summed E-state index contributed by atoms with van der Waals surface area (Å²) in [4.78, 5) is 4.59. The first-order chi connectivity index (χ1) is 12.8. The molecule has 0 heterocycles. The Balaban J connectivity index is 0.00000392. The van der Waals surface area contributed by atoms with Gasteiger partial charge in [-0.25, -0.2) is 8.42 Å². The summed E-state index contributed by atoms with van der Waals surface area (Å²) >= 11 is 0. The minimum Gasteiger partial charge on any atom is -0.375 e. The Morgan fingerprint density at radius 1 is 1.14 bits per heavy atom.